The highest BCUT2D eigenvalue weighted by Gasteiger charge is 2.10. The highest BCUT2D eigenvalue weighted by atomic mass is 16.4. The highest BCUT2D eigenvalue weighted by molar-refractivity contribution is 5.83. The van der Waals surface area contributed by atoms with Crippen LogP contribution in [-0.2, 0) is 4.79 Å². The number of carboxylic acids is 1. The van der Waals surface area contributed by atoms with Gasteiger partial charge in [0, 0.05) is 0 Å². The summed E-state index contributed by atoms with van der Waals surface area (Å²) in [5.74, 6) is -0.692. The zero-order chi connectivity index (χ0) is 11.5. The fourth-order valence-corrected chi connectivity index (χ4v) is 1.89. The second kappa shape index (κ2) is 4.35. The summed E-state index contributed by atoms with van der Waals surface area (Å²) >= 11 is 0. The molecule has 2 heteroatoms. The molecule has 16 heavy (non-hydrogen) atoms. The monoisotopic (exact) mass is 214 g/mol. The molecule has 2 nitrogen and oxygen atoms in total. The molecule has 0 bridgehead atoms. The molecule has 0 aliphatic heterocycles. The Morgan fingerprint density at radius 1 is 1.19 bits per heavy atom. The molecule has 0 radical (unpaired) electrons. The van der Waals surface area contributed by atoms with Gasteiger partial charge in [-0.1, -0.05) is 49.4 Å². The average Bonchev–Trinajstić information content (AvgIpc) is 2.27. The lowest BCUT2D eigenvalue weighted by molar-refractivity contribution is -0.137. The molecule has 82 valence electrons. The third-order valence-electron chi connectivity index (χ3n) is 2.82. The molecule has 2 aromatic carbocycles. The van der Waals surface area contributed by atoms with E-state index in [0.29, 0.717) is 0 Å². The van der Waals surface area contributed by atoms with Crippen LogP contribution < -0.4 is 0 Å². The van der Waals surface area contributed by atoms with Crippen LogP contribution in [-0.4, -0.2) is 11.1 Å². The van der Waals surface area contributed by atoms with Gasteiger partial charge in [0.2, 0.25) is 0 Å². The van der Waals surface area contributed by atoms with Gasteiger partial charge in [-0.15, -0.1) is 0 Å². The molecule has 0 aromatic heterocycles. The molecule has 2 rings (SSSR count). The van der Waals surface area contributed by atoms with Crippen LogP contribution in [0.1, 0.15) is 24.8 Å². The summed E-state index contributed by atoms with van der Waals surface area (Å²) in [5, 5.41) is 11.1. The Kier molecular flexibility index (Phi) is 2.91. The molecular weight excluding hydrogens is 200 g/mol. The summed E-state index contributed by atoms with van der Waals surface area (Å²) in [6.07, 6.45) is 0.179. The van der Waals surface area contributed by atoms with Crippen molar-refractivity contribution in [3.8, 4) is 0 Å². The Labute approximate surface area is 94.5 Å². The van der Waals surface area contributed by atoms with Crippen molar-refractivity contribution in [2.45, 2.75) is 19.3 Å². The first-order valence-corrected chi connectivity index (χ1v) is 5.37. The lowest BCUT2D eigenvalue weighted by Crippen LogP contribution is -2.02. The second-order valence-electron chi connectivity index (χ2n) is 4.11. The van der Waals surface area contributed by atoms with Gasteiger partial charge >= 0.3 is 5.97 Å². The van der Waals surface area contributed by atoms with Crippen molar-refractivity contribution in [2.75, 3.05) is 0 Å². The van der Waals surface area contributed by atoms with Crippen LogP contribution in [0.5, 0.6) is 0 Å². The van der Waals surface area contributed by atoms with Gasteiger partial charge in [-0.25, -0.2) is 0 Å². The number of fused-ring (bicyclic) bond motifs is 1. The lowest BCUT2D eigenvalue weighted by Gasteiger charge is -2.10. The molecule has 0 saturated heterocycles. The van der Waals surface area contributed by atoms with Crippen molar-refractivity contribution >= 4 is 16.7 Å². The molecular formula is C14H14O2. The second-order valence-corrected chi connectivity index (χ2v) is 4.11. The summed E-state index contributed by atoms with van der Waals surface area (Å²) in [6, 6.07) is 14.2. The number of benzene rings is 2. The van der Waals surface area contributed by atoms with E-state index in [-0.39, 0.29) is 12.3 Å². The van der Waals surface area contributed by atoms with Gasteiger partial charge in [-0.05, 0) is 22.3 Å². The van der Waals surface area contributed by atoms with Gasteiger partial charge in [0.15, 0.2) is 0 Å². The van der Waals surface area contributed by atoms with Crippen molar-refractivity contribution in [2.24, 2.45) is 0 Å². The maximum absolute atomic E-state index is 10.6. The maximum Gasteiger partial charge on any atom is 0.303 e. The molecule has 0 saturated carbocycles. The SMILES string of the molecule is C[C@H](CC(=O)O)c1ccc2ccccc2c1. The fraction of sp³-hybridized carbons (Fsp3) is 0.214. The van der Waals surface area contributed by atoms with E-state index in [0.717, 1.165) is 10.9 Å². The van der Waals surface area contributed by atoms with Crippen LogP contribution in [0.15, 0.2) is 42.5 Å². The molecule has 0 amide bonds. The quantitative estimate of drug-likeness (QED) is 0.850. The number of hydrogen-bond donors (Lipinski definition) is 1. The zero-order valence-corrected chi connectivity index (χ0v) is 9.18. The Bertz CT molecular complexity index is 517. The standard InChI is InChI=1S/C14H14O2/c1-10(8-14(15)16)12-7-6-11-4-2-3-5-13(11)9-12/h2-7,9-10H,8H2,1H3,(H,15,16)/t10-/m1/s1. The van der Waals surface area contributed by atoms with Crippen LogP contribution in [0.4, 0.5) is 0 Å². The summed E-state index contributed by atoms with van der Waals surface area (Å²) in [6.45, 7) is 1.94. The van der Waals surface area contributed by atoms with E-state index in [2.05, 4.69) is 12.1 Å². The lowest BCUT2D eigenvalue weighted by atomic mass is 9.95. The largest absolute Gasteiger partial charge is 0.481 e. The van der Waals surface area contributed by atoms with Crippen molar-refractivity contribution in [3.63, 3.8) is 0 Å². The van der Waals surface area contributed by atoms with Crippen LogP contribution in [0.2, 0.25) is 0 Å². The molecule has 1 N–H and O–H groups in total. The Hall–Kier alpha value is -1.83. The molecule has 0 heterocycles. The topological polar surface area (TPSA) is 37.3 Å². The van der Waals surface area contributed by atoms with Gasteiger partial charge in [-0.2, -0.15) is 0 Å². The van der Waals surface area contributed by atoms with Crippen molar-refractivity contribution in [1.82, 2.24) is 0 Å². The predicted molar refractivity (Wildman–Crippen MR) is 64.6 cm³/mol. The molecule has 0 aliphatic carbocycles. The van der Waals surface area contributed by atoms with E-state index < -0.39 is 5.97 Å². The molecule has 2 aromatic rings. The van der Waals surface area contributed by atoms with E-state index in [4.69, 9.17) is 5.11 Å². The van der Waals surface area contributed by atoms with Gasteiger partial charge in [0.25, 0.3) is 0 Å². The predicted octanol–water partition coefficient (Wildman–Crippen LogP) is 3.42. The van der Waals surface area contributed by atoms with E-state index in [1.165, 1.54) is 5.39 Å². The fourth-order valence-electron chi connectivity index (χ4n) is 1.89. The van der Waals surface area contributed by atoms with Crippen molar-refractivity contribution in [1.29, 1.82) is 0 Å². The van der Waals surface area contributed by atoms with E-state index in [1.807, 2.05) is 37.3 Å². The first-order valence-electron chi connectivity index (χ1n) is 5.37. The van der Waals surface area contributed by atoms with Crippen LogP contribution in [0, 0.1) is 0 Å². The summed E-state index contributed by atoms with van der Waals surface area (Å²) < 4.78 is 0. The molecule has 0 aliphatic rings. The van der Waals surface area contributed by atoms with Gasteiger partial charge in [0.05, 0.1) is 6.42 Å². The number of carbonyl (C=O) groups is 1. The van der Waals surface area contributed by atoms with E-state index in [1.54, 1.807) is 0 Å². The summed E-state index contributed by atoms with van der Waals surface area (Å²) in [5.41, 5.74) is 1.08. The smallest absolute Gasteiger partial charge is 0.303 e. The number of aliphatic carboxylic acids is 1. The van der Waals surface area contributed by atoms with Crippen molar-refractivity contribution in [3.05, 3.63) is 48.0 Å². The third-order valence-corrected chi connectivity index (χ3v) is 2.82. The van der Waals surface area contributed by atoms with Crippen LogP contribution >= 0.6 is 0 Å². The normalized spacial score (nSPS) is 12.6. The minimum atomic E-state index is -0.749. The minimum Gasteiger partial charge on any atom is -0.481 e. The van der Waals surface area contributed by atoms with Crippen molar-refractivity contribution < 1.29 is 9.90 Å². The Morgan fingerprint density at radius 3 is 2.56 bits per heavy atom. The first kappa shape index (κ1) is 10.7. The van der Waals surface area contributed by atoms with Crippen LogP contribution in [0.3, 0.4) is 0 Å². The van der Waals surface area contributed by atoms with E-state index in [9.17, 15) is 4.79 Å². The average molecular weight is 214 g/mol. The minimum absolute atomic E-state index is 0.0575. The maximum atomic E-state index is 10.6. The van der Waals surface area contributed by atoms with E-state index >= 15 is 0 Å². The molecule has 0 spiro atoms. The Balaban J connectivity index is 2.35. The molecule has 0 fully saturated rings. The number of rotatable bonds is 3. The molecule has 0 unspecified atom stereocenters. The number of carboxylic acid groups (broad SMARTS) is 1. The van der Waals surface area contributed by atoms with Gasteiger partial charge in [0.1, 0.15) is 0 Å². The highest BCUT2D eigenvalue weighted by Crippen LogP contribution is 2.23. The van der Waals surface area contributed by atoms with Gasteiger partial charge in [-0.3, -0.25) is 4.79 Å². The van der Waals surface area contributed by atoms with Gasteiger partial charge < -0.3 is 5.11 Å². The summed E-state index contributed by atoms with van der Waals surface area (Å²) in [4.78, 5) is 10.6. The number of hydrogen-bond acceptors (Lipinski definition) is 1. The third kappa shape index (κ3) is 2.22. The Morgan fingerprint density at radius 2 is 1.88 bits per heavy atom. The first-order chi connectivity index (χ1) is 7.66. The summed E-state index contributed by atoms with van der Waals surface area (Å²) in [7, 11) is 0. The van der Waals surface area contributed by atoms with Crippen LogP contribution in [0.25, 0.3) is 10.8 Å². The molecule has 1 atom stereocenters. The zero-order valence-electron chi connectivity index (χ0n) is 9.18.